The van der Waals surface area contributed by atoms with E-state index in [9.17, 15) is 5.11 Å². The molecule has 2 aromatic rings. The van der Waals surface area contributed by atoms with E-state index in [1.807, 2.05) is 26.0 Å². The standard InChI is InChI=1S/C19H25N5O2/c1-13-3-4-15(14(2)21-13)16-5-6-20-19(22-16)24-11-17(18(25)12-24)23-7-9-26-10-8-23/h3-6,17-18,25H,7-12H2,1-2H3/t17-,18-/m0/s1. The van der Waals surface area contributed by atoms with Crippen molar-refractivity contribution in [3.63, 3.8) is 0 Å². The summed E-state index contributed by atoms with van der Waals surface area (Å²) in [5.74, 6) is 0.664. The molecule has 0 unspecified atom stereocenters. The van der Waals surface area contributed by atoms with Crippen LogP contribution in [0.1, 0.15) is 11.4 Å². The maximum Gasteiger partial charge on any atom is 0.226 e. The van der Waals surface area contributed by atoms with E-state index >= 15 is 0 Å². The molecule has 2 aromatic heterocycles. The molecular formula is C19H25N5O2. The minimum atomic E-state index is -0.400. The van der Waals surface area contributed by atoms with Crippen molar-refractivity contribution in [2.24, 2.45) is 0 Å². The molecule has 2 aliphatic heterocycles. The van der Waals surface area contributed by atoms with Crippen molar-refractivity contribution in [1.82, 2.24) is 19.9 Å². The van der Waals surface area contributed by atoms with Crippen molar-refractivity contribution in [2.45, 2.75) is 26.0 Å². The molecule has 0 radical (unpaired) electrons. The van der Waals surface area contributed by atoms with E-state index in [1.165, 1.54) is 0 Å². The second-order valence-corrected chi connectivity index (χ2v) is 7.02. The highest BCUT2D eigenvalue weighted by atomic mass is 16.5. The second-order valence-electron chi connectivity index (χ2n) is 7.02. The summed E-state index contributed by atoms with van der Waals surface area (Å²) in [7, 11) is 0. The van der Waals surface area contributed by atoms with Gasteiger partial charge in [0, 0.05) is 49.3 Å². The van der Waals surface area contributed by atoms with Gasteiger partial charge < -0.3 is 14.7 Å². The Kier molecular flexibility index (Phi) is 4.84. The summed E-state index contributed by atoms with van der Waals surface area (Å²) in [6, 6.07) is 6.07. The van der Waals surface area contributed by atoms with Crippen LogP contribution >= 0.6 is 0 Å². The van der Waals surface area contributed by atoms with Crippen LogP contribution in [0.15, 0.2) is 24.4 Å². The van der Waals surface area contributed by atoms with Crippen molar-refractivity contribution in [3.05, 3.63) is 35.8 Å². The number of aliphatic hydroxyl groups is 1. The molecule has 7 heteroatoms. The Bertz CT molecular complexity index is 778. The maximum atomic E-state index is 10.5. The third-order valence-electron chi connectivity index (χ3n) is 5.20. The van der Waals surface area contributed by atoms with Gasteiger partial charge in [0.05, 0.1) is 31.1 Å². The molecule has 0 saturated carbocycles. The number of rotatable bonds is 3. The molecule has 2 fully saturated rings. The summed E-state index contributed by atoms with van der Waals surface area (Å²) in [4.78, 5) is 18.1. The average Bonchev–Trinajstić information content (AvgIpc) is 3.04. The molecule has 4 heterocycles. The quantitative estimate of drug-likeness (QED) is 0.882. The normalized spacial score (nSPS) is 24.2. The predicted molar refractivity (Wildman–Crippen MR) is 99.1 cm³/mol. The lowest BCUT2D eigenvalue weighted by Crippen LogP contribution is -2.48. The third-order valence-corrected chi connectivity index (χ3v) is 5.20. The molecule has 0 bridgehead atoms. The Labute approximate surface area is 153 Å². The first-order valence-electron chi connectivity index (χ1n) is 9.14. The van der Waals surface area contributed by atoms with Gasteiger partial charge in [0.1, 0.15) is 0 Å². The van der Waals surface area contributed by atoms with Gasteiger partial charge in [0.2, 0.25) is 5.95 Å². The topological polar surface area (TPSA) is 74.6 Å². The highest BCUT2D eigenvalue weighted by molar-refractivity contribution is 5.62. The van der Waals surface area contributed by atoms with E-state index in [-0.39, 0.29) is 6.04 Å². The number of hydrogen-bond donors (Lipinski definition) is 1. The molecule has 2 atom stereocenters. The van der Waals surface area contributed by atoms with E-state index < -0.39 is 6.10 Å². The number of pyridine rings is 1. The van der Waals surface area contributed by atoms with Gasteiger partial charge in [0.25, 0.3) is 0 Å². The number of ether oxygens (including phenoxy) is 1. The SMILES string of the molecule is Cc1ccc(-c2ccnc(N3C[C@H](O)[C@@H](N4CCOCC4)C3)n2)c(C)n1. The van der Waals surface area contributed by atoms with Crippen LogP contribution in [-0.2, 0) is 4.74 Å². The number of aryl methyl sites for hydroxylation is 2. The van der Waals surface area contributed by atoms with Gasteiger partial charge in [-0.1, -0.05) is 0 Å². The van der Waals surface area contributed by atoms with E-state index in [1.54, 1.807) is 6.20 Å². The third kappa shape index (κ3) is 3.42. The van der Waals surface area contributed by atoms with Crippen molar-refractivity contribution < 1.29 is 9.84 Å². The van der Waals surface area contributed by atoms with Crippen molar-refractivity contribution >= 4 is 5.95 Å². The number of aromatic nitrogens is 3. The van der Waals surface area contributed by atoms with Gasteiger partial charge in [-0.2, -0.15) is 0 Å². The van der Waals surface area contributed by atoms with E-state index in [0.717, 1.165) is 55.5 Å². The molecule has 0 spiro atoms. The fourth-order valence-electron chi connectivity index (χ4n) is 3.81. The molecule has 26 heavy (non-hydrogen) atoms. The maximum absolute atomic E-state index is 10.5. The van der Waals surface area contributed by atoms with Crippen LogP contribution in [0.2, 0.25) is 0 Å². The van der Waals surface area contributed by atoms with Crippen molar-refractivity contribution in [2.75, 3.05) is 44.3 Å². The summed E-state index contributed by atoms with van der Waals surface area (Å²) in [5.41, 5.74) is 3.84. The van der Waals surface area contributed by atoms with Crippen LogP contribution < -0.4 is 4.90 Å². The number of anilines is 1. The first-order valence-corrected chi connectivity index (χ1v) is 9.14. The van der Waals surface area contributed by atoms with Crippen LogP contribution in [0.4, 0.5) is 5.95 Å². The van der Waals surface area contributed by atoms with Crippen molar-refractivity contribution in [1.29, 1.82) is 0 Å². The Morgan fingerprint density at radius 1 is 1.08 bits per heavy atom. The van der Waals surface area contributed by atoms with E-state index in [2.05, 4.69) is 25.8 Å². The number of β-amino-alcohol motifs (C(OH)–C–C–N with tert-alkyl or cyclic N) is 1. The number of morpholine rings is 1. The summed E-state index contributed by atoms with van der Waals surface area (Å²) in [6.07, 6.45) is 1.38. The summed E-state index contributed by atoms with van der Waals surface area (Å²) >= 11 is 0. The zero-order valence-corrected chi connectivity index (χ0v) is 15.3. The molecule has 138 valence electrons. The molecule has 2 aliphatic rings. The summed E-state index contributed by atoms with van der Waals surface area (Å²) in [6.45, 7) is 8.46. The summed E-state index contributed by atoms with van der Waals surface area (Å²) in [5, 5.41) is 10.5. The molecule has 7 nitrogen and oxygen atoms in total. The minimum Gasteiger partial charge on any atom is -0.390 e. The molecule has 4 rings (SSSR count). The Morgan fingerprint density at radius 2 is 1.88 bits per heavy atom. The van der Waals surface area contributed by atoms with E-state index in [4.69, 9.17) is 9.72 Å². The number of hydrogen-bond acceptors (Lipinski definition) is 7. The van der Waals surface area contributed by atoms with Gasteiger partial charge in [-0.05, 0) is 32.0 Å². The highest BCUT2D eigenvalue weighted by Gasteiger charge is 2.37. The van der Waals surface area contributed by atoms with Crippen LogP contribution in [0.25, 0.3) is 11.3 Å². The number of aliphatic hydroxyl groups excluding tert-OH is 1. The monoisotopic (exact) mass is 355 g/mol. The zero-order valence-electron chi connectivity index (χ0n) is 15.3. The molecule has 0 amide bonds. The fourth-order valence-corrected chi connectivity index (χ4v) is 3.81. The van der Waals surface area contributed by atoms with Gasteiger partial charge >= 0.3 is 0 Å². The average molecular weight is 355 g/mol. The smallest absolute Gasteiger partial charge is 0.226 e. The fraction of sp³-hybridized carbons (Fsp3) is 0.526. The highest BCUT2D eigenvalue weighted by Crippen LogP contribution is 2.25. The second kappa shape index (κ2) is 7.26. The largest absolute Gasteiger partial charge is 0.390 e. The first kappa shape index (κ1) is 17.3. The molecular weight excluding hydrogens is 330 g/mol. The van der Waals surface area contributed by atoms with E-state index in [0.29, 0.717) is 12.5 Å². The van der Waals surface area contributed by atoms with Crippen LogP contribution in [0.5, 0.6) is 0 Å². The van der Waals surface area contributed by atoms with Gasteiger partial charge in [-0.3, -0.25) is 9.88 Å². The van der Waals surface area contributed by atoms with Crippen molar-refractivity contribution in [3.8, 4) is 11.3 Å². The molecule has 2 saturated heterocycles. The Balaban J connectivity index is 1.55. The number of nitrogens with zero attached hydrogens (tertiary/aromatic N) is 5. The minimum absolute atomic E-state index is 0.105. The van der Waals surface area contributed by atoms with Crippen LogP contribution in [0.3, 0.4) is 0 Å². The Hall–Kier alpha value is -2.09. The molecule has 0 aromatic carbocycles. The Morgan fingerprint density at radius 3 is 2.65 bits per heavy atom. The van der Waals surface area contributed by atoms with Crippen LogP contribution in [0, 0.1) is 13.8 Å². The van der Waals surface area contributed by atoms with Crippen LogP contribution in [-0.4, -0.2) is 76.5 Å². The van der Waals surface area contributed by atoms with Gasteiger partial charge in [0.15, 0.2) is 0 Å². The lowest BCUT2D eigenvalue weighted by molar-refractivity contribution is -0.00588. The predicted octanol–water partition coefficient (Wildman–Crippen LogP) is 1.04. The van der Waals surface area contributed by atoms with Gasteiger partial charge in [-0.15, -0.1) is 0 Å². The summed E-state index contributed by atoms with van der Waals surface area (Å²) < 4.78 is 5.42. The zero-order chi connectivity index (χ0) is 18.1. The lowest BCUT2D eigenvalue weighted by atomic mass is 10.1. The van der Waals surface area contributed by atoms with Gasteiger partial charge in [-0.25, -0.2) is 9.97 Å². The molecule has 0 aliphatic carbocycles. The lowest BCUT2D eigenvalue weighted by Gasteiger charge is -2.33. The molecule has 1 N–H and O–H groups in total. The first-order chi connectivity index (χ1) is 12.6.